The van der Waals surface area contributed by atoms with Gasteiger partial charge in [-0.3, -0.25) is 14.3 Å². The summed E-state index contributed by atoms with van der Waals surface area (Å²) < 4.78 is 36.1. The summed E-state index contributed by atoms with van der Waals surface area (Å²) in [6.45, 7) is -4.64. The number of rotatable bonds is 10. The highest BCUT2D eigenvalue weighted by Gasteiger charge is 2.50. The molecule has 0 aromatic carbocycles. The zero-order chi connectivity index (χ0) is 31.3. The fourth-order valence-electron chi connectivity index (χ4n) is 4.90. The maximum Gasteiger partial charge on any atom is 0.582 e. The summed E-state index contributed by atoms with van der Waals surface area (Å²) in [5, 5.41) is 32.4. The molecular formula is C19H24N11O9P2S3+. The van der Waals surface area contributed by atoms with Gasteiger partial charge >= 0.3 is 13.9 Å². The Labute approximate surface area is 261 Å². The van der Waals surface area contributed by atoms with E-state index in [9.17, 15) is 24.5 Å². The Kier molecular flexibility index (Phi) is 8.91. The van der Waals surface area contributed by atoms with Crippen LogP contribution in [0.5, 0.6) is 0 Å². The zero-order valence-electron chi connectivity index (χ0n) is 22.0. The van der Waals surface area contributed by atoms with Crippen molar-refractivity contribution in [1.29, 1.82) is 0 Å². The van der Waals surface area contributed by atoms with Gasteiger partial charge in [-0.1, -0.05) is 5.21 Å². The van der Waals surface area contributed by atoms with Crippen molar-refractivity contribution in [3.63, 3.8) is 0 Å². The van der Waals surface area contributed by atoms with Gasteiger partial charge in [-0.15, -0.1) is 21.4 Å². The predicted molar refractivity (Wildman–Crippen MR) is 160 cm³/mol. The molecule has 44 heavy (non-hydrogen) atoms. The van der Waals surface area contributed by atoms with E-state index in [2.05, 4.69) is 47.6 Å². The smallest absolute Gasteiger partial charge is 0.390 e. The summed E-state index contributed by atoms with van der Waals surface area (Å²) in [6.07, 6.45) is -1.91. The molecule has 4 aromatic rings. The van der Waals surface area contributed by atoms with E-state index in [1.165, 1.54) is 21.7 Å². The van der Waals surface area contributed by atoms with E-state index >= 15 is 0 Å². The number of ether oxygens (including phenoxy) is 1. The molecule has 25 heteroatoms. The number of nitrogen functional groups attached to an aromatic ring is 2. The van der Waals surface area contributed by atoms with Gasteiger partial charge in [0, 0.05) is 11.5 Å². The van der Waals surface area contributed by atoms with Crippen LogP contribution in [0.15, 0.2) is 17.3 Å². The average molecular weight is 709 g/mol. The molecule has 236 valence electrons. The number of aromatic amines is 1. The second kappa shape index (κ2) is 12.4. The van der Waals surface area contributed by atoms with Gasteiger partial charge in [-0.2, -0.15) is 14.6 Å². The number of nitrogens with one attached hydrogen (secondary N) is 1. The number of aromatic nitrogens is 9. The summed E-state index contributed by atoms with van der Waals surface area (Å²) in [6, 6.07) is 0. The highest BCUT2D eigenvalue weighted by Crippen LogP contribution is 2.54. The minimum atomic E-state index is -4.14. The second-order valence-electron chi connectivity index (χ2n) is 9.62. The number of hydrogen-bond donors (Lipinski definition) is 7. The standard InChI is InChI=1S/C19H23N11O9P2S3/c20-18-25-15-10(16(33)26-18)27-28-29(15)17-13(12(32)9(44-17)4-37-40(34)42)39-41(35,43)38-3-8-11(31)7(2-36-8)6-1-24-30-14(6)22-5-23-19(30)21/h1,5,7-9,11-13,17,31-32H,2-4H2,(H6-,20,21,22,23,24,25,26,28,33,34,35,42,43)/p+1/t7?,8-,9-,11+,12-,13-,17-,41?/m1/s1. The number of aliphatic hydroxyl groups excluding tert-OH is 2. The Morgan fingerprint density at radius 1 is 1.27 bits per heavy atom. The first-order chi connectivity index (χ1) is 20.9. The molecule has 9 atom stereocenters. The second-order valence-corrected chi connectivity index (χ2v) is 15.5. The molecule has 0 spiro atoms. The minimum absolute atomic E-state index is 0.0215. The number of fused-ring (bicyclic) bond motifs is 2. The molecule has 20 nitrogen and oxygen atoms in total. The first-order valence-corrected chi connectivity index (χ1v) is 18.4. The largest absolute Gasteiger partial charge is 0.582 e. The van der Waals surface area contributed by atoms with Gasteiger partial charge in [0.05, 0.1) is 36.9 Å². The lowest BCUT2D eigenvalue weighted by Gasteiger charge is -2.27. The van der Waals surface area contributed by atoms with Crippen LogP contribution in [0.2, 0.25) is 0 Å². The Balaban J connectivity index is 1.19. The van der Waals surface area contributed by atoms with Gasteiger partial charge in [0.15, 0.2) is 16.8 Å². The van der Waals surface area contributed by atoms with Crippen molar-refractivity contribution < 1.29 is 38.0 Å². The van der Waals surface area contributed by atoms with Crippen molar-refractivity contribution >= 4 is 78.5 Å². The van der Waals surface area contributed by atoms with Crippen LogP contribution in [0, 0.1) is 0 Å². The van der Waals surface area contributed by atoms with E-state index in [-0.39, 0.29) is 42.9 Å². The van der Waals surface area contributed by atoms with E-state index in [0.717, 1.165) is 11.8 Å². The number of aliphatic hydroxyl groups is 2. The third-order valence-electron chi connectivity index (χ3n) is 6.95. The molecular weight excluding hydrogens is 684 g/mol. The summed E-state index contributed by atoms with van der Waals surface area (Å²) in [5.74, 6) is -0.632. The van der Waals surface area contributed by atoms with Gasteiger partial charge in [0.25, 0.3) is 5.56 Å². The Bertz CT molecular complexity index is 1830. The third-order valence-corrected chi connectivity index (χ3v) is 10.7. The molecule has 0 amide bonds. The molecule has 2 saturated heterocycles. The molecule has 6 heterocycles. The third kappa shape index (κ3) is 6.07. The van der Waals surface area contributed by atoms with Crippen LogP contribution in [0.4, 0.5) is 11.9 Å². The maximum atomic E-state index is 12.3. The molecule has 2 fully saturated rings. The molecule has 0 aliphatic carbocycles. The number of thioether (sulfide) groups is 1. The lowest BCUT2D eigenvalue weighted by atomic mass is 9.96. The maximum absolute atomic E-state index is 12.3. The van der Waals surface area contributed by atoms with Gasteiger partial charge in [-0.25, -0.2) is 14.6 Å². The highest BCUT2D eigenvalue weighted by molar-refractivity contribution is 8.39. The van der Waals surface area contributed by atoms with Gasteiger partial charge in [0.2, 0.25) is 11.9 Å². The lowest BCUT2D eigenvalue weighted by molar-refractivity contribution is -0.0115. The van der Waals surface area contributed by atoms with Gasteiger partial charge in [0.1, 0.15) is 42.8 Å². The number of hydrogen-bond acceptors (Lipinski definition) is 18. The molecule has 6 rings (SSSR count). The van der Waals surface area contributed by atoms with E-state index in [1.54, 1.807) is 0 Å². The fraction of sp³-hybridized carbons (Fsp3) is 0.526. The molecule has 0 saturated carbocycles. The normalized spacial score (nSPS) is 29.0. The average Bonchev–Trinajstić information content (AvgIpc) is 3.73. The number of thiol groups is 1. The number of H-pyrrole nitrogens is 1. The van der Waals surface area contributed by atoms with Crippen LogP contribution in [0.3, 0.4) is 0 Å². The van der Waals surface area contributed by atoms with Crippen LogP contribution in [0.25, 0.3) is 16.8 Å². The van der Waals surface area contributed by atoms with E-state index in [4.69, 9.17) is 41.6 Å². The fourth-order valence-corrected chi connectivity index (χ4v) is 8.44. The molecule has 8 N–H and O–H groups in total. The number of nitrogens with two attached hydrogens (primary N) is 2. The zero-order valence-corrected chi connectivity index (χ0v) is 26.3. The van der Waals surface area contributed by atoms with Crippen molar-refractivity contribution in [3.05, 3.63) is 28.4 Å². The van der Waals surface area contributed by atoms with E-state index < -0.39 is 60.5 Å². The van der Waals surface area contributed by atoms with Crippen molar-refractivity contribution in [2.45, 2.75) is 41.0 Å². The van der Waals surface area contributed by atoms with E-state index in [1.807, 2.05) is 0 Å². The van der Waals surface area contributed by atoms with Crippen molar-refractivity contribution in [2.75, 3.05) is 31.3 Å². The Hall–Kier alpha value is -2.40. The van der Waals surface area contributed by atoms with E-state index in [0.29, 0.717) is 11.2 Å². The molecule has 4 aromatic heterocycles. The van der Waals surface area contributed by atoms with Gasteiger partial charge in [-0.05, 0) is 16.4 Å². The number of nitrogens with zero attached hydrogens (tertiary/aromatic N) is 8. The van der Waals surface area contributed by atoms with Crippen LogP contribution >= 0.6 is 38.0 Å². The summed E-state index contributed by atoms with van der Waals surface area (Å²) in [4.78, 5) is 37.8. The van der Waals surface area contributed by atoms with Crippen molar-refractivity contribution in [1.82, 2.24) is 44.5 Å². The van der Waals surface area contributed by atoms with Gasteiger partial charge < -0.3 is 35.8 Å². The van der Waals surface area contributed by atoms with Crippen molar-refractivity contribution in [3.8, 4) is 0 Å². The molecule has 0 radical (unpaired) electrons. The monoisotopic (exact) mass is 708 g/mol. The SMILES string of the molecule is Nc1nc2c(nnn2[C@@H]2S[C@H](CO[P+](=O)S)[C@@H](O)[C@H]2OP(O)(=S)OC[C@H]2OCC(c3cnn4c(N)ncnc34)[C@@H]2O)c(=O)[nH]1. The van der Waals surface area contributed by atoms with Crippen LogP contribution in [-0.4, -0.2) is 109 Å². The van der Waals surface area contributed by atoms with Crippen molar-refractivity contribution in [2.24, 2.45) is 0 Å². The number of anilines is 2. The molecule has 3 unspecified atom stereocenters. The first kappa shape index (κ1) is 31.6. The lowest BCUT2D eigenvalue weighted by Crippen LogP contribution is -2.36. The molecule has 2 aliphatic heterocycles. The summed E-state index contributed by atoms with van der Waals surface area (Å²) in [5.41, 5.74) is 11.7. The minimum Gasteiger partial charge on any atom is -0.390 e. The molecule has 0 bridgehead atoms. The first-order valence-electron chi connectivity index (χ1n) is 12.6. The Morgan fingerprint density at radius 3 is 2.84 bits per heavy atom. The molecule has 2 aliphatic rings. The van der Waals surface area contributed by atoms with Crippen LogP contribution in [0.1, 0.15) is 16.9 Å². The summed E-state index contributed by atoms with van der Waals surface area (Å²) in [7, 11) is -2.29. The summed E-state index contributed by atoms with van der Waals surface area (Å²) >= 11 is 10.0. The predicted octanol–water partition coefficient (Wildman–Crippen LogP) is -1.14. The van der Waals surface area contributed by atoms with Crippen LogP contribution in [-0.2, 0) is 34.7 Å². The topological polar surface area (TPSA) is 286 Å². The highest BCUT2D eigenvalue weighted by atomic mass is 32.7. The quantitative estimate of drug-likeness (QED) is 0.0756. The Morgan fingerprint density at radius 2 is 2.07 bits per heavy atom. The van der Waals surface area contributed by atoms with Crippen LogP contribution < -0.4 is 17.0 Å².